The largest absolute Gasteiger partial charge is 0.329 e. The van der Waals surface area contributed by atoms with E-state index in [9.17, 15) is 0 Å². The summed E-state index contributed by atoms with van der Waals surface area (Å²) < 4.78 is 0.0139. The molecule has 0 aromatic rings. The lowest BCUT2D eigenvalue weighted by Crippen LogP contribution is -2.42. The molecule has 0 saturated carbocycles. The summed E-state index contributed by atoms with van der Waals surface area (Å²) >= 11 is 4.58. The Morgan fingerprint density at radius 2 is 1.50 bits per heavy atom. The lowest BCUT2D eigenvalue weighted by atomic mass is 9.84. The molecule has 62 valence electrons. The summed E-state index contributed by atoms with van der Waals surface area (Å²) in [5.74, 6) is 1.08. The highest BCUT2D eigenvalue weighted by atomic mass is 32.1. The topological polar surface area (TPSA) is 26.0 Å². The van der Waals surface area contributed by atoms with Gasteiger partial charge in [-0.2, -0.15) is 12.6 Å². The minimum atomic E-state index is 0.0139. The summed E-state index contributed by atoms with van der Waals surface area (Å²) in [5.41, 5.74) is 5.63. The second kappa shape index (κ2) is 3.63. The molecule has 0 aliphatic carbocycles. The van der Waals surface area contributed by atoms with Crippen molar-refractivity contribution in [3.63, 3.8) is 0 Å². The molecule has 0 aliphatic rings. The zero-order valence-corrected chi connectivity index (χ0v) is 8.28. The first-order valence-corrected chi connectivity index (χ1v) is 4.32. The zero-order chi connectivity index (χ0) is 8.36. The van der Waals surface area contributed by atoms with Gasteiger partial charge in [0.25, 0.3) is 0 Å². The number of hydrogen-bond acceptors (Lipinski definition) is 2. The summed E-state index contributed by atoms with van der Waals surface area (Å²) in [4.78, 5) is 0. The monoisotopic (exact) mass is 161 g/mol. The molecule has 0 amide bonds. The maximum Gasteiger partial charge on any atom is 0.0297 e. The molecule has 2 heteroatoms. The van der Waals surface area contributed by atoms with E-state index in [0.717, 1.165) is 0 Å². The van der Waals surface area contributed by atoms with Gasteiger partial charge in [-0.25, -0.2) is 0 Å². The second-order valence-corrected chi connectivity index (χ2v) is 4.34. The van der Waals surface area contributed by atoms with Crippen LogP contribution in [-0.4, -0.2) is 11.3 Å². The second-order valence-electron chi connectivity index (χ2n) is 3.50. The molecule has 0 bridgehead atoms. The molecule has 0 spiro atoms. The van der Waals surface area contributed by atoms with E-state index in [4.69, 9.17) is 5.73 Å². The van der Waals surface area contributed by atoms with Crippen LogP contribution in [0.25, 0.3) is 0 Å². The summed E-state index contributed by atoms with van der Waals surface area (Å²) in [7, 11) is 0. The van der Waals surface area contributed by atoms with Gasteiger partial charge in [0.1, 0.15) is 0 Å². The minimum absolute atomic E-state index is 0.0139. The van der Waals surface area contributed by atoms with Crippen molar-refractivity contribution >= 4 is 12.6 Å². The van der Waals surface area contributed by atoms with Crippen molar-refractivity contribution in [3.05, 3.63) is 0 Å². The molecule has 0 fully saturated rings. The van der Waals surface area contributed by atoms with Crippen molar-refractivity contribution in [1.82, 2.24) is 0 Å². The Balaban J connectivity index is 4.23. The highest BCUT2D eigenvalue weighted by Crippen LogP contribution is 2.31. The maximum atomic E-state index is 5.63. The van der Waals surface area contributed by atoms with E-state index >= 15 is 0 Å². The molecule has 0 rings (SSSR count). The smallest absolute Gasteiger partial charge is 0.0297 e. The van der Waals surface area contributed by atoms with E-state index in [1.54, 1.807) is 0 Å². The van der Waals surface area contributed by atoms with Gasteiger partial charge in [-0.15, -0.1) is 0 Å². The van der Waals surface area contributed by atoms with Crippen LogP contribution in [0.5, 0.6) is 0 Å². The van der Waals surface area contributed by atoms with Crippen molar-refractivity contribution in [3.8, 4) is 0 Å². The van der Waals surface area contributed by atoms with E-state index in [0.29, 0.717) is 18.4 Å². The first-order chi connectivity index (χ1) is 4.45. The van der Waals surface area contributed by atoms with Crippen LogP contribution in [0.15, 0.2) is 0 Å². The van der Waals surface area contributed by atoms with Crippen molar-refractivity contribution in [1.29, 1.82) is 0 Å². The Bertz CT molecular complexity index is 91.4. The fraction of sp³-hybridized carbons (Fsp3) is 1.00. The van der Waals surface area contributed by atoms with E-state index in [1.807, 2.05) is 0 Å². The van der Waals surface area contributed by atoms with Crippen LogP contribution in [0.3, 0.4) is 0 Å². The van der Waals surface area contributed by atoms with Crippen LogP contribution < -0.4 is 5.73 Å². The third-order valence-corrected chi connectivity index (χ3v) is 3.54. The molecule has 0 unspecified atom stereocenters. The fourth-order valence-corrected chi connectivity index (χ4v) is 1.14. The summed E-state index contributed by atoms with van der Waals surface area (Å²) in [6, 6.07) is 0. The van der Waals surface area contributed by atoms with Crippen LogP contribution in [0.4, 0.5) is 0 Å². The Morgan fingerprint density at radius 3 is 1.50 bits per heavy atom. The van der Waals surface area contributed by atoms with Crippen LogP contribution in [0, 0.1) is 11.8 Å². The predicted molar refractivity (Wildman–Crippen MR) is 50.4 cm³/mol. The normalized spacial score (nSPS) is 13.2. The third-order valence-electron chi connectivity index (χ3n) is 2.33. The highest BCUT2D eigenvalue weighted by Gasteiger charge is 2.31. The van der Waals surface area contributed by atoms with Crippen LogP contribution in [0.1, 0.15) is 27.7 Å². The molecule has 0 atom stereocenters. The van der Waals surface area contributed by atoms with Crippen LogP contribution in [0.2, 0.25) is 0 Å². The van der Waals surface area contributed by atoms with Gasteiger partial charge >= 0.3 is 0 Å². The summed E-state index contributed by atoms with van der Waals surface area (Å²) in [5, 5.41) is 0. The average molecular weight is 161 g/mol. The molecule has 1 nitrogen and oxygen atoms in total. The van der Waals surface area contributed by atoms with E-state index < -0.39 is 0 Å². The summed E-state index contributed by atoms with van der Waals surface area (Å²) in [6.07, 6.45) is 0. The highest BCUT2D eigenvalue weighted by molar-refractivity contribution is 7.81. The molecule has 0 radical (unpaired) electrons. The number of hydrogen-bond donors (Lipinski definition) is 2. The Kier molecular flexibility index (Phi) is 3.74. The van der Waals surface area contributed by atoms with Gasteiger partial charge in [-0.1, -0.05) is 27.7 Å². The van der Waals surface area contributed by atoms with E-state index in [2.05, 4.69) is 40.3 Å². The molecule has 2 N–H and O–H groups in total. The third kappa shape index (κ3) is 1.89. The number of thiol groups is 1. The quantitative estimate of drug-likeness (QED) is 0.608. The average Bonchev–Trinajstić information content (AvgIpc) is 1.85. The first-order valence-electron chi connectivity index (χ1n) is 3.87. The van der Waals surface area contributed by atoms with Gasteiger partial charge in [0, 0.05) is 11.3 Å². The maximum absolute atomic E-state index is 5.63. The SMILES string of the molecule is CC(C)C(S)(CN)C(C)C. The molecule has 0 aromatic heterocycles. The molecule has 0 saturated heterocycles. The van der Waals surface area contributed by atoms with Crippen LogP contribution in [-0.2, 0) is 0 Å². The van der Waals surface area contributed by atoms with Crippen molar-refractivity contribution in [2.45, 2.75) is 32.4 Å². The van der Waals surface area contributed by atoms with Crippen molar-refractivity contribution in [2.24, 2.45) is 17.6 Å². The van der Waals surface area contributed by atoms with Crippen molar-refractivity contribution < 1.29 is 0 Å². The number of rotatable bonds is 3. The fourth-order valence-electron chi connectivity index (χ4n) is 1.14. The van der Waals surface area contributed by atoms with Gasteiger partial charge in [-0.05, 0) is 11.8 Å². The summed E-state index contributed by atoms with van der Waals surface area (Å²) in [6.45, 7) is 9.32. The molecular formula is C8H19NS. The Morgan fingerprint density at radius 1 is 1.20 bits per heavy atom. The predicted octanol–water partition coefficient (Wildman–Crippen LogP) is 1.93. The lowest BCUT2D eigenvalue weighted by molar-refractivity contribution is 0.345. The van der Waals surface area contributed by atoms with Gasteiger partial charge in [0.2, 0.25) is 0 Å². The Hall–Kier alpha value is 0.310. The molecule has 10 heavy (non-hydrogen) atoms. The number of nitrogens with two attached hydrogens (primary N) is 1. The van der Waals surface area contributed by atoms with E-state index in [1.165, 1.54) is 0 Å². The lowest BCUT2D eigenvalue weighted by Gasteiger charge is -2.35. The molecule has 0 heterocycles. The standard InChI is InChI=1S/C8H19NS/c1-6(2)8(10,5-9)7(3)4/h6-7,10H,5,9H2,1-4H3. The van der Waals surface area contributed by atoms with Gasteiger partial charge in [0.15, 0.2) is 0 Å². The molecule has 0 aliphatic heterocycles. The van der Waals surface area contributed by atoms with Gasteiger partial charge < -0.3 is 5.73 Å². The minimum Gasteiger partial charge on any atom is -0.329 e. The first kappa shape index (κ1) is 10.3. The van der Waals surface area contributed by atoms with E-state index in [-0.39, 0.29) is 4.75 Å². The van der Waals surface area contributed by atoms with Crippen LogP contribution >= 0.6 is 12.6 Å². The molecular weight excluding hydrogens is 142 g/mol. The van der Waals surface area contributed by atoms with Gasteiger partial charge in [0.05, 0.1) is 0 Å². The van der Waals surface area contributed by atoms with Gasteiger partial charge in [-0.3, -0.25) is 0 Å². The zero-order valence-electron chi connectivity index (χ0n) is 7.39. The molecule has 0 aromatic carbocycles. The van der Waals surface area contributed by atoms with Crippen molar-refractivity contribution in [2.75, 3.05) is 6.54 Å². The Labute approximate surface area is 69.8 Å².